The predicted molar refractivity (Wildman–Crippen MR) is 125 cm³/mol. The second-order valence-corrected chi connectivity index (χ2v) is 9.60. The predicted octanol–water partition coefficient (Wildman–Crippen LogP) is 5.01. The molecule has 31 heavy (non-hydrogen) atoms. The molecule has 0 bridgehead atoms. The van der Waals surface area contributed by atoms with Crippen LogP contribution in [0.2, 0.25) is 0 Å². The maximum atomic E-state index is 13.1. The number of carbonyl (C=O) groups excluding carboxylic acids is 1. The maximum Gasteiger partial charge on any atom is 0.264 e. The number of carbonyl (C=O) groups is 1. The minimum atomic E-state index is -3.79. The first-order valence-electron chi connectivity index (χ1n) is 10.3. The molecule has 0 spiro atoms. The SMILES string of the molecule is CC[C@H](NC(=O)c1cccc(S(=O)(=O)N(C)c2ccccc2)c1)c1ccc(C)cc1C. The van der Waals surface area contributed by atoms with Gasteiger partial charge in [0.15, 0.2) is 0 Å². The van der Waals surface area contributed by atoms with Gasteiger partial charge in [0.2, 0.25) is 0 Å². The number of aryl methyl sites for hydroxylation is 2. The quantitative estimate of drug-likeness (QED) is 0.566. The third kappa shape index (κ3) is 4.97. The second-order valence-electron chi connectivity index (χ2n) is 7.63. The highest BCUT2D eigenvalue weighted by atomic mass is 32.2. The van der Waals surface area contributed by atoms with Gasteiger partial charge >= 0.3 is 0 Å². The van der Waals surface area contributed by atoms with E-state index in [-0.39, 0.29) is 16.8 Å². The molecule has 3 aromatic rings. The molecule has 0 fully saturated rings. The summed E-state index contributed by atoms with van der Waals surface area (Å²) in [6.45, 7) is 6.08. The number of sulfonamides is 1. The molecule has 6 heteroatoms. The molecule has 0 unspecified atom stereocenters. The summed E-state index contributed by atoms with van der Waals surface area (Å²) in [5.74, 6) is -0.300. The molecule has 0 aliphatic carbocycles. The summed E-state index contributed by atoms with van der Waals surface area (Å²) < 4.78 is 27.4. The fourth-order valence-corrected chi connectivity index (χ4v) is 4.83. The van der Waals surface area contributed by atoms with Gasteiger partial charge in [-0.25, -0.2) is 8.42 Å². The summed E-state index contributed by atoms with van der Waals surface area (Å²) in [6.07, 6.45) is 0.727. The molecule has 5 nitrogen and oxygen atoms in total. The summed E-state index contributed by atoms with van der Waals surface area (Å²) >= 11 is 0. The maximum absolute atomic E-state index is 13.1. The number of nitrogens with one attached hydrogen (secondary N) is 1. The Bertz CT molecular complexity index is 1170. The lowest BCUT2D eigenvalue weighted by molar-refractivity contribution is 0.0935. The number of rotatable bonds is 7. The molecular formula is C25H28N2O3S. The van der Waals surface area contributed by atoms with Crippen LogP contribution >= 0.6 is 0 Å². The largest absolute Gasteiger partial charge is 0.345 e. The van der Waals surface area contributed by atoms with Gasteiger partial charge in [-0.15, -0.1) is 0 Å². The summed E-state index contributed by atoms with van der Waals surface area (Å²) in [6, 6.07) is 21.0. The molecule has 0 aliphatic rings. The monoisotopic (exact) mass is 436 g/mol. The van der Waals surface area contributed by atoms with Gasteiger partial charge in [0, 0.05) is 12.6 Å². The Morgan fingerprint density at radius 1 is 0.968 bits per heavy atom. The van der Waals surface area contributed by atoms with E-state index in [1.165, 1.54) is 29.0 Å². The molecule has 0 saturated carbocycles. The van der Waals surface area contributed by atoms with Crippen molar-refractivity contribution in [3.63, 3.8) is 0 Å². The topological polar surface area (TPSA) is 66.5 Å². The fraction of sp³-hybridized carbons (Fsp3) is 0.240. The zero-order chi connectivity index (χ0) is 22.6. The second kappa shape index (κ2) is 9.35. The molecule has 162 valence electrons. The summed E-state index contributed by atoms with van der Waals surface area (Å²) in [7, 11) is -2.29. The zero-order valence-corrected chi connectivity index (χ0v) is 19.1. The average molecular weight is 437 g/mol. The van der Waals surface area contributed by atoms with E-state index in [0.29, 0.717) is 11.3 Å². The molecule has 0 aromatic heterocycles. The van der Waals surface area contributed by atoms with Crippen LogP contribution < -0.4 is 9.62 Å². The van der Waals surface area contributed by atoms with Crippen LogP contribution in [-0.2, 0) is 10.0 Å². The van der Waals surface area contributed by atoms with E-state index in [9.17, 15) is 13.2 Å². The van der Waals surface area contributed by atoms with Crippen molar-refractivity contribution in [2.75, 3.05) is 11.4 Å². The highest BCUT2D eigenvalue weighted by Crippen LogP contribution is 2.24. The van der Waals surface area contributed by atoms with Gasteiger partial charge in [-0.05, 0) is 61.7 Å². The van der Waals surface area contributed by atoms with Crippen LogP contribution in [0, 0.1) is 13.8 Å². The molecular weight excluding hydrogens is 408 g/mol. The molecule has 1 atom stereocenters. The number of nitrogens with zero attached hydrogens (tertiary/aromatic N) is 1. The zero-order valence-electron chi connectivity index (χ0n) is 18.3. The molecule has 3 aromatic carbocycles. The minimum Gasteiger partial charge on any atom is -0.345 e. The van der Waals surface area contributed by atoms with Crippen LogP contribution in [0.25, 0.3) is 0 Å². The van der Waals surface area contributed by atoms with Crippen LogP contribution in [0.4, 0.5) is 5.69 Å². The Hall–Kier alpha value is -3.12. The third-order valence-corrected chi connectivity index (χ3v) is 7.17. The van der Waals surface area contributed by atoms with E-state index in [0.717, 1.165) is 17.5 Å². The first-order valence-corrected chi connectivity index (χ1v) is 11.7. The number of para-hydroxylation sites is 1. The molecule has 0 heterocycles. The van der Waals surface area contributed by atoms with Gasteiger partial charge < -0.3 is 5.32 Å². The molecule has 0 saturated heterocycles. The molecule has 0 radical (unpaired) electrons. The van der Waals surface area contributed by atoms with Gasteiger partial charge in [-0.1, -0.05) is 55.0 Å². The van der Waals surface area contributed by atoms with E-state index in [1.54, 1.807) is 36.4 Å². The van der Waals surface area contributed by atoms with E-state index in [2.05, 4.69) is 11.4 Å². The number of amides is 1. The molecule has 3 rings (SSSR count). The van der Waals surface area contributed by atoms with E-state index < -0.39 is 10.0 Å². The number of hydrogen-bond donors (Lipinski definition) is 1. The van der Waals surface area contributed by atoms with Crippen LogP contribution in [0.3, 0.4) is 0 Å². The smallest absolute Gasteiger partial charge is 0.264 e. The average Bonchev–Trinajstić information content (AvgIpc) is 2.78. The van der Waals surface area contributed by atoms with Crippen molar-refractivity contribution in [3.8, 4) is 0 Å². The summed E-state index contributed by atoms with van der Waals surface area (Å²) in [5, 5.41) is 3.05. The van der Waals surface area contributed by atoms with E-state index >= 15 is 0 Å². The Morgan fingerprint density at radius 3 is 2.32 bits per heavy atom. The van der Waals surface area contributed by atoms with Gasteiger partial charge in [0.05, 0.1) is 16.6 Å². The fourth-order valence-electron chi connectivity index (χ4n) is 3.59. The Balaban J connectivity index is 1.85. The molecule has 1 amide bonds. The van der Waals surface area contributed by atoms with Crippen molar-refractivity contribution in [1.29, 1.82) is 0 Å². The van der Waals surface area contributed by atoms with Gasteiger partial charge in [-0.2, -0.15) is 0 Å². The lowest BCUT2D eigenvalue weighted by Gasteiger charge is -2.21. The Labute approximate surface area is 184 Å². The number of benzene rings is 3. The van der Waals surface area contributed by atoms with E-state index in [4.69, 9.17) is 0 Å². The number of anilines is 1. The lowest BCUT2D eigenvalue weighted by atomic mass is 9.97. The van der Waals surface area contributed by atoms with Gasteiger partial charge in [0.1, 0.15) is 0 Å². The first kappa shape index (κ1) is 22.6. The molecule has 1 N–H and O–H groups in total. The summed E-state index contributed by atoms with van der Waals surface area (Å²) in [4.78, 5) is 13.0. The van der Waals surface area contributed by atoms with Gasteiger partial charge in [0.25, 0.3) is 15.9 Å². The van der Waals surface area contributed by atoms with E-state index in [1.807, 2.05) is 39.0 Å². The van der Waals surface area contributed by atoms with Crippen molar-refractivity contribution in [3.05, 3.63) is 95.1 Å². The van der Waals surface area contributed by atoms with Crippen LogP contribution in [-0.4, -0.2) is 21.4 Å². The Morgan fingerprint density at radius 2 is 1.68 bits per heavy atom. The van der Waals surface area contributed by atoms with Crippen LogP contribution in [0.1, 0.15) is 46.4 Å². The highest BCUT2D eigenvalue weighted by Gasteiger charge is 2.23. The van der Waals surface area contributed by atoms with Crippen molar-refractivity contribution in [1.82, 2.24) is 5.32 Å². The van der Waals surface area contributed by atoms with Crippen LogP contribution in [0.15, 0.2) is 77.7 Å². The highest BCUT2D eigenvalue weighted by molar-refractivity contribution is 7.92. The first-order chi connectivity index (χ1) is 14.7. The lowest BCUT2D eigenvalue weighted by Crippen LogP contribution is -2.29. The standard InChI is InChI=1S/C25H28N2O3S/c1-5-24(23-15-14-18(2)16-19(23)3)26-25(28)20-10-9-13-22(17-20)31(29,30)27(4)21-11-7-6-8-12-21/h6-17,24H,5H2,1-4H3,(H,26,28)/t24-/m0/s1. The van der Waals surface area contributed by atoms with Crippen molar-refractivity contribution in [2.45, 2.75) is 38.1 Å². The van der Waals surface area contributed by atoms with Crippen molar-refractivity contribution < 1.29 is 13.2 Å². The third-order valence-electron chi connectivity index (χ3n) is 5.39. The van der Waals surface area contributed by atoms with Crippen molar-refractivity contribution >= 4 is 21.6 Å². The minimum absolute atomic E-state index is 0.0751. The normalized spacial score (nSPS) is 12.3. The van der Waals surface area contributed by atoms with Crippen molar-refractivity contribution in [2.24, 2.45) is 0 Å². The molecule has 0 aliphatic heterocycles. The van der Waals surface area contributed by atoms with Crippen LogP contribution in [0.5, 0.6) is 0 Å². The van der Waals surface area contributed by atoms with Gasteiger partial charge in [-0.3, -0.25) is 9.10 Å². The number of hydrogen-bond acceptors (Lipinski definition) is 3. The summed E-state index contributed by atoms with van der Waals surface area (Å²) in [5.41, 5.74) is 4.22. The Kier molecular flexibility index (Phi) is 6.81.